The number of aliphatic hydroxyl groups excluding tert-OH is 1. The van der Waals surface area contributed by atoms with Crippen molar-refractivity contribution in [3.05, 3.63) is 30.2 Å². The number of para-hydroxylation sites is 2. The first kappa shape index (κ1) is 9.67. The van der Waals surface area contributed by atoms with E-state index in [0.29, 0.717) is 11.1 Å². The molecule has 1 aromatic carbocycles. The number of nitrogens with zero attached hydrogens (tertiary/aromatic N) is 1. The molecular weight excluding hydrogens is 196 g/mol. The molecule has 0 aliphatic rings. The highest BCUT2D eigenvalue weighted by molar-refractivity contribution is 5.92. The van der Waals surface area contributed by atoms with Crippen molar-refractivity contribution >= 4 is 17.0 Å². The monoisotopic (exact) mass is 206 g/mol. The van der Waals surface area contributed by atoms with Crippen molar-refractivity contribution in [2.75, 3.05) is 13.2 Å². The quantitative estimate of drug-likeness (QED) is 0.769. The van der Waals surface area contributed by atoms with Crippen LogP contribution in [0.25, 0.3) is 11.1 Å². The van der Waals surface area contributed by atoms with Crippen LogP contribution in [0.3, 0.4) is 0 Å². The normalized spacial score (nSPS) is 10.5. The van der Waals surface area contributed by atoms with Crippen LogP contribution >= 0.6 is 0 Å². The molecule has 0 aliphatic heterocycles. The van der Waals surface area contributed by atoms with Crippen LogP contribution in [-0.2, 0) is 0 Å². The van der Waals surface area contributed by atoms with Gasteiger partial charge in [0.15, 0.2) is 5.58 Å². The van der Waals surface area contributed by atoms with Gasteiger partial charge >= 0.3 is 5.91 Å². The van der Waals surface area contributed by atoms with Gasteiger partial charge in [-0.1, -0.05) is 12.1 Å². The number of fused-ring (bicyclic) bond motifs is 1. The third kappa shape index (κ3) is 1.97. The van der Waals surface area contributed by atoms with Crippen molar-refractivity contribution in [1.29, 1.82) is 0 Å². The molecule has 78 valence electrons. The van der Waals surface area contributed by atoms with E-state index in [1.165, 1.54) is 0 Å². The molecule has 0 radical (unpaired) electrons. The number of hydrogen-bond donors (Lipinski definition) is 2. The van der Waals surface area contributed by atoms with E-state index in [-0.39, 0.29) is 19.0 Å². The fraction of sp³-hybridized carbons (Fsp3) is 0.200. The SMILES string of the molecule is O=C(NCCO)c1nc2ccccc2o1. The number of nitrogens with one attached hydrogen (secondary N) is 1. The Bertz CT molecular complexity index is 445. The van der Waals surface area contributed by atoms with E-state index < -0.39 is 5.91 Å². The Morgan fingerprint density at radius 2 is 2.27 bits per heavy atom. The molecule has 5 nitrogen and oxygen atoms in total. The van der Waals surface area contributed by atoms with Gasteiger partial charge in [-0.15, -0.1) is 0 Å². The summed E-state index contributed by atoms with van der Waals surface area (Å²) in [7, 11) is 0. The Morgan fingerprint density at radius 1 is 1.47 bits per heavy atom. The zero-order valence-corrected chi connectivity index (χ0v) is 7.93. The third-order valence-electron chi connectivity index (χ3n) is 1.89. The topological polar surface area (TPSA) is 75.4 Å². The minimum atomic E-state index is -0.416. The van der Waals surface area contributed by atoms with Gasteiger partial charge in [-0.2, -0.15) is 0 Å². The first-order valence-corrected chi connectivity index (χ1v) is 4.56. The smallest absolute Gasteiger partial charge is 0.307 e. The molecule has 15 heavy (non-hydrogen) atoms. The minimum Gasteiger partial charge on any atom is -0.432 e. The van der Waals surface area contributed by atoms with Crippen LogP contribution in [0.5, 0.6) is 0 Å². The molecule has 0 atom stereocenters. The maximum Gasteiger partial charge on any atom is 0.307 e. The lowest BCUT2D eigenvalue weighted by Gasteiger charge is -1.96. The molecule has 5 heteroatoms. The summed E-state index contributed by atoms with van der Waals surface area (Å²) in [5.74, 6) is -0.398. The van der Waals surface area contributed by atoms with Crippen molar-refractivity contribution in [3.8, 4) is 0 Å². The Kier molecular flexibility index (Phi) is 2.64. The number of benzene rings is 1. The van der Waals surface area contributed by atoms with E-state index in [4.69, 9.17) is 9.52 Å². The van der Waals surface area contributed by atoms with E-state index in [9.17, 15) is 4.79 Å². The molecule has 1 aromatic heterocycles. The summed E-state index contributed by atoms with van der Waals surface area (Å²) in [6, 6.07) is 7.13. The number of aliphatic hydroxyl groups is 1. The van der Waals surface area contributed by atoms with Crippen LogP contribution in [-0.4, -0.2) is 29.1 Å². The van der Waals surface area contributed by atoms with Gasteiger partial charge in [-0.25, -0.2) is 4.98 Å². The Labute approximate surface area is 85.7 Å². The number of aromatic nitrogens is 1. The highest BCUT2D eigenvalue weighted by atomic mass is 16.4. The Morgan fingerprint density at radius 3 is 3.00 bits per heavy atom. The fourth-order valence-electron chi connectivity index (χ4n) is 1.21. The molecule has 2 N–H and O–H groups in total. The average Bonchev–Trinajstić information content (AvgIpc) is 2.69. The van der Waals surface area contributed by atoms with Crippen molar-refractivity contribution in [1.82, 2.24) is 10.3 Å². The molecular formula is C10H10N2O3. The number of oxazole rings is 1. The molecule has 0 bridgehead atoms. The fourth-order valence-corrected chi connectivity index (χ4v) is 1.21. The van der Waals surface area contributed by atoms with Crippen LogP contribution in [0.2, 0.25) is 0 Å². The summed E-state index contributed by atoms with van der Waals surface area (Å²) in [6.45, 7) is 0.0868. The maximum atomic E-state index is 11.4. The lowest BCUT2D eigenvalue weighted by molar-refractivity contribution is 0.0912. The molecule has 0 saturated heterocycles. The number of amides is 1. The molecule has 0 saturated carbocycles. The molecule has 0 spiro atoms. The van der Waals surface area contributed by atoms with E-state index in [2.05, 4.69) is 10.3 Å². The van der Waals surface area contributed by atoms with Gasteiger partial charge in [0.2, 0.25) is 0 Å². The highest BCUT2D eigenvalue weighted by Crippen LogP contribution is 2.14. The average molecular weight is 206 g/mol. The summed E-state index contributed by atoms with van der Waals surface area (Å²) in [4.78, 5) is 15.4. The van der Waals surface area contributed by atoms with Gasteiger partial charge in [-0.3, -0.25) is 4.79 Å². The lowest BCUT2D eigenvalue weighted by Crippen LogP contribution is -2.26. The van der Waals surface area contributed by atoms with Crippen molar-refractivity contribution in [2.45, 2.75) is 0 Å². The van der Waals surface area contributed by atoms with Gasteiger partial charge in [-0.05, 0) is 12.1 Å². The van der Waals surface area contributed by atoms with E-state index in [1.54, 1.807) is 12.1 Å². The van der Waals surface area contributed by atoms with Crippen LogP contribution in [0, 0.1) is 0 Å². The maximum absolute atomic E-state index is 11.4. The summed E-state index contributed by atoms with van der Waals surface area (Å²) < 4.78 is 5.22. The Balaban J connectivity index is 2.25. The first-order valence-electron chi connectivity index (χ1n) is 4.56. The van der Waals surface area contributed by atoms with Gasteiger partial charge in [0, 0.05) is 6.54 Å². The first-order chi connectivity index (χ1) is 7.31. The standard InChI is InChI=1S/C10H10N2O3/c13-6-5-11-9(14)10-12-7-3-1-2-4-8(7)15-10/h1-4,13H,5-6H2,(H,11,14). The summed E-state index contributed by atoms with van der Waals surface area (Å²) in [5.41, 5.74) is 1.22. The Hall–Kier alpha value is -1.88. The molecule has 0 fully saturated rings. The predicted octanol–water partition coefficient (Wildman–Crippen LogP) is 0.550. The molecule has 0 unspecified atom stereocenters. The van der Waals surface area contributed by atoms with Gasteiger partial charge in [0.25, 0.3) is 5.89 Å². The summed E-state index contributed by atoms with van der Waals surface area (Å²) in [6.07, 6.45) is 0. The second-order valence-corrected chi connectivity index (χ2v) is 2.97. The number of hydrogen-bond acceptors (Lipinski definition) is 4. The van der Waals surface area contributed by atoms with E-state index in [1.807, 2.05) is 12.1 Å². The number of carbonyl (C=O) groups is 1. The van der Waals surface area contributed by atoms with Crippen molar-refractivity contribution in [2.24, 2.45) is 0 Å². The van der Waals surface area contributed by atoms with Gasteiger partial charge in [0.05, 0.1) is 6.61 Å². The van der Waals surface area contributed by atoms with Crippen LogP contribution in [0.15, 0.2) is 28.7 Å². The van der Waals surface area contributed by atoms with Gasteiger partial charge < -0.3 is 14.8 Å². The second-order valence-electron chi connectivity index (χ2n) is 2.97. The van der Waals surface area contributed by atoms with Crippen molar-refractivity contribution < 1.29 is 14.3 Å². The largest absolute Gasteiger partial charge is 0.432 e. The second kappa shape index (κ2) is 4.10. The van der Waals surface area contributed by atoms with E-state index in [0.717, 1.165) is 0 Å². The zero-order valence-electron chi connectivity index (χ0n) is 7.93. The van der Waals surface area contributed by atoms with Crippen LogP contribution < -0.4 is 5.32 Å². The molecule has 2 rings (SSSR count). The van der Waals surface area contributed by atoms with Gasteiger partial charge in [0.1, 0.15) is 5.52 Å². The molecule has 1 amide bonds. The lowest BCUT2D eigenvalue weighted by atomic mass is 10.3. The van der Waals surface area contributed by atoms with E-state index >= 15 is 0 Å². The molecule has 0 aliphatic carbocycles. The molecule has 2 aromatic rings. The van der Waals surface area contributed by atoms with Crippen LogP contribution in [0.4, 0.5) is 0 Å². The highest BCUT2D eigenvalue weighted by Gasteiger charge is 2.12. The number of carbonyl (C=O) groups excluding carboxylic acids is 1. The number of rotatable bonds is 3. The van der Waals surface area contributed by atoms with Crippen molar-refractivity contribution in [3.63, 3.8) is 0 Å². The summed E-state index contributed by atoms with van der Waals surface area (Å²) in [5, 5.41) is 11.0. The third-order valence-corrected chi connectivity index (χ3v) is 1.89. The van der Waals surface area contributed by atoms with Crippen LogP contribution in [0.1, 0.15) is 10.7 Å². The zero-order chi connectivity index (χ0) is 10.7. The predicted molar refractivity (Wildman–Crippen MR) is 53.4 cm³/mol. The minimum absolute atomic E-state index is 0.0182. The molecule has 1 heterocycles. The summed E-state index contributed by atoms with van der Waals surface area (Å²) >= 11 is 0.